The summed E-state index contributed by atoms with van der Waals surface area (Å²) in [4.78, 5) is 35.0. The van der Waals surface area contributed by atoms with E-state index < -0.39 is 5.25 Å². The highest BCUT2D eigenvalue weighted by atomic mass is 32.2. The lowest BCUT2D eigenvalue weighted by Gasteiger charge is -2.09. The monoisotopic (exact) mass is 387 g/mol. The van der Waals surface area contributed by atoms with E-state index in [1.807, 2.05) is 12.1 Å². The number of ketones is 1. The molecule has 0 bridgehead atoms. The number of carbonyl (C=O) groups excluding carboxylic acids is 3. The number of carbonyl (C=O) groups is 3. The number of imide groups is 1. The molecule has 3 rings (SSSR count). The summed E-state index contributed by atoms with van der Waals surface area (Å²) in [5.74, 6) is 0.770. The van der Waals surface area contributed by atoms with Gasteiger partial charge in [0.25, 0.3) is 5.24 Å². The van der Waals surface area contributed by atoms with Gasteiger partial charge >= 0.3 is 0 Å². The molecule has 1 fully saturated rings. The van der Waals surface area contributed by atoms with Crippen molar-refractivity contribution >= 4 is 28.7 Å². The van der Waals surface area contributed by atoms with E-state index in [2.05, 4.69) is 5.32 Å². The Bertz CT molecular complexity index is 835. The maximum atomic E-state index is 12.2. The molecule has 0 spiro atoms. The van der Waals surface area contributed by atoms with Gasteiger partial charge in [-0.3, -0.25) is 19.7 Å². The lowest BCUT2D eigenvalue weighted by Crippen LogP contribution is -2.25. The Morgan fingerprint density at radius 1 is 1.11 bits per heavy atom. The number of hydrogen-bond acceptors (Lipinski definition) is 6. The number of nitrogens with one attached hydrogen (secondary N) is 1. The van der Waals surface area contributed by atoms with E-state index in [1.165, 1.54) is 0 Å². The fraction of sp³-hybridized carbons (Fsp3) is 0.250. The zero-order valence-electron chi connectivity index (χ0n) is 14.1. The number of amides is 2. The molecule has 1 saturated heterocycles. The first-order valence-corrected chi connectivity index (χ1v) is 8.83. The van der Waals surface area contributed by atoms with E-state index in [-0.39, 0.29) is 31.0 Å². The van der Waals surface area contributed by atoms with Gasteiger partial charge in [-0.05, 0) is 36.2 Å². The first-order chi connectivity index (χ1) is 12.5. The van der Waals surface area contributed by atoms with Crippen LogP contribution in [0.3, 0.4) is 0 Å². The van der Waals surface area contributed by atoms with E-state index in [0.717, 1.165) is 17.3 Å². The Labute approximate surface area is 162 Å². The van der Waals surface area contributed by atoms with Crippen molar-refractivity contribution in [2.75, 3.05) is 13.7 Å². The van der Waals surface area contributed by atoms with Gasteiger partial charge in [-0.2, -0.15) is 0 Å². The molecule has 1 unspecified atom stereocenters. The predicted molar refractivity (Wildman–Crippen MR) is 105 cm³/mol. The highest BCUT2D eigenvalue weighted by Crippen LogP contribution is 2.24. The van der Waals surface area contributed by atoms with Crippen molar-refractivity contribution in [3.63, 3.8) is 0 Å². The lowest BCUT2D eigenvalue weighted by molar-refractivity contribution is -0.118. The number of methoxy groups -OCH3 is 1. The summed E-state index contributed by atoms with van der Waals surface area (Å²) in [7, 11) is 1.55. The van der Waals surface area contributed by atoms with Crippen LogP contribution < -0.4 is 14.8 Å². The van der Waals surface area contributed by atoms with Gasteiger partial charge in [0.15, 0.2) is 12.4 Å². The summed E-state index contributed by atoms with van der Waals surface area (Å²) in [5, 5.41) is 1.56. The van der Waals surface area contributed by atoms with Crippen LogP contribution in [0.5, 0.6) is 11.5 Å². The summed E-state index contributed by atoms with van der Waals surface area (Å²) in [5.41, 5.74) is 1.44. The molecule has 142 valence electrons. The maximum Gasteiger partial charge on any atom is 0.286 e. The molecule has 0 saturated carbocycles. The molecule has 1 atom stereocenters. The Morgan fingerprint density at radius 3 is 2.48 bits per heavy atom. The fourth-order valence-electron chi connectivity index (χ4n) is 2.49. The molecule has 0 aromatic heterocycles. The van der Waals surface area contributed by atoms with Crippen molar-refractivity contribution < 1.29 is 23.9 Å². The van der Waals surface area contributed by atoms with E-state index in [4.69, 9.17) is 9.47 Å². The largest absolute Gasteiger partial charge is 0.497 e. The zero-order chi connectivity index (χ0) is 18.5. The summed E-state index contributed by atoms with van der Waals surface area (Å²) in [6.45, 7) is -0.0814. The SMILES string of the molecule is C.COc1cccc(C(=O)COc2ccc(CC3SC(=O)NC3=O)cc2)c1. The van der Waals surface area contributed by atoms with Crippen LogP contribution in [0.25, 0.3) is 0 Å². The lowest BCUT2D eigenvalue weighted by atomic mass is 10.1. The zero-order valence-corrected chi connectivity index (χ0v) is 14.9. The van der Waals surface area contributed by atoms with Crippen LogP contribution in [0.2, 0.25) is 0 Å². The molecule has 1 heterocycles. The average Bonchev–Trinajstić information content (AvgIpc) is 2.97. The van der Waals surface area contributed by atoms with Gasteiger partial charge in [-0.1, -0.05) is 43.5 Å². The Morgan fingerprint density at radius 2 is 1.85 bits per heavy atom. The van der Waals surface area contributed by atoms with E-state index in [1.54, 1.807) is 43.5 Å². The second-order valence-corrected chi connectivity index (χ2v) is 6.85. The number of thioether (sulfide) groups is 1. The van der Waals surface area contributed by atoms with Crippen molar-refractivity contribution in [1.82, 2.24) is 5.32 Å². The molecule has 0 aliphatic carbocycles. The first-order valence-electron chi connectivity index (χ1n) is 7.95. The second-order valence-electron chi connectivity index (χ2n) is 5.68. The molecule has 2 aromatic rings. The normalized spacial score (nSPS) is 15.7. The number of hydrogen-bond donors (Lipinski definition) is 1. The van der Waals surface area contributed by atoms with Crippen LogP contribution in [0.4, 0.5) is 4.79 Å². The Balaban J connectivity index is 0.00000261. The van der Waals surface area contributed by atoms with Crippen LogP contribution in [-0.4, -0.2) is 35.9 Å². The van der Waals surface area contributed by atoms with Crippen LogP contribution in [0.15, 0.2) is 48.5 Å². The van der Waals surface area contributed by atoms with E-state index in [9.17, 15) is 14.4 Å². The van der Waals surface area contributed by atoms with Crippen molar-refractivity contribution in [2.45, 2.75) is 19.1 Å². The molecule has 0 radical (unpaired) electrons. The summed E-state index contributed by atoms with van der Waals surface area (Å²) in [6.07, 6.45) is 0.464. The molecule has 7 heteroatoms. The number of rotatable bonds is 7. The highest BCUT2D eigenvalue weighted by Gasteiger charge is 2.31. The Kier molecular flexibility index (Phi) is 7.01. The van der Waals surface area contributed by atoms with Crippen molar-refractivity contribution in [3.05, 3.63) is 59.7 Å². The van der Waals surface area contributed by atoms with Crippen LogP contribution in [-0.2, 0) is 11.2 Å². The van der Waals surface area contributed by atoms with E-state index in [0.29, 0.717) is 23.5 Å². The Hall–Kier alpha value is -2.80. The molecule has 2 aromatic carbocycles. The van der Waals surface area contributed by atoms with Crippen molar-refractivity contribution in [1.29, 1.82) is 0 Å². The molecular formula is C20H21NO5S. The molecule has 1 aliphatic heterocycles. The quantitative estimate of drug-likeness (QED) is 0.733. The van der Waals surface area contributed by atoms with Gasteiger partial charge in [-0.25, -0.2) is 0 Å². The summed E-state index contributed by atoms with van der Waals surface area (Å²) < 4.78 is 10.6. The van der Waals surface area contributed by atoms with Gasteiger partial charge in [0.1, 0.15) is 11.5 Å². The molecule has 2 amide bonds. The molecule has 1 N–H and O–H groups in total. The topological polar surface area (TPSA) is 81.7 Å². The first kappa shape index (κ1) is 20.5. The van der Waals surface area contributed by atoms with Gasteiger partial charge in [0.2, 0.25) is 5.91 Å². The maximum absolute atomic E-state index is 12.2. The number of Topliss-reactive ketones (excluding diaryl/α,β-unsaturated/α-hetero) is 1. The third-order valence-corrected chi connectivity index (χ3v) is 4.85. The van der Waals surface area contributed by atoms with Crippen LogP contribution in [0, 0.1) is 0 Å². The number of benzene rings is 2. The fourth-order valence-corrected chi connectivity index (χ4v) is 3.35. The van der Waals surface area contributed by atoms with Gasteiger partial charge in [0, 0.05) is 5.56 Å². The molecule has 6 nitrogen and oxygen atoms in total. The number of ether oxygens (including phenoxy) is 2. The predicted octanol–water partition coefficient (Wildman–Crippen LogP) is 3.49. The minimum absolute atomic E-state index is 0. The average molecular weight is 387 g/mol. The smallest absolute Gasteiger partial charge is 0.286 e. The van der Waals surface area contributed by atoms with E-state index >= 15 is 0 Å². The highest BCUT2D eigenvalue weighted by molar-refractivity contribution is 8.15. The molecule has 27 heavy (non-hydrogen) atoms. The molecular weight excluding hydrogens is 366 g/mol. The summed E-state index contributed by atoms with van der Waals surface area (Å²) in [6, 6.07) is 14.0. The molecule has 1 aliphatic rings. The minimum Gasteiger partial charge on any atom is -0.497 e. The second kappa shape index (κ2) is 9.23. The minimum atomic E-state index is -0.399. The van der Waals surface area contributed by atoms with Gasteiger partial charge in [0.05, 0.1) is 12.4 Å². The van der Waals surface area contributed by atoms with Crippen molar-refractivity contribution in [3.8, 4) is 11.5 Å². The van der Waals surface area contributed by atoms with Gasteiger partial charge in [-0.15, -0.1) is 0 Å². The van der Waals surface area contributed by atoms with Crippen molar-refractivity contribution in [2.24, 2.45) is 0 Å². The summed E-state index contributed by atoms with van der Waals surface area (Å²) >= 11 is 1.00. The standard InChI is InChI=1S/C19H17NO5S.CH4/c1-24-15-4-2-3-13(10-15)16(21)11-25-14-7-5-12(6-8-14)9-17-18(22)20-19(23)26-17;/h2-8,10,17H,9,11H2,1H3,(H,20,22,23);1H4. The third kappa shape index (κ3) is 5.34. The van der Waals surface area contributed by atoms with Crippen LogP contribution in [0.1, 0.15) is 23.3 Å². The van der Waals surface area contributed by atoms with Crippen LogP contribution >= 0.6 is 11.8 Å². The third-order valence-electron chi connectivity index (χ3n) is 3.87. The van der Waals surface area contributed by atoms with Gasteiger partial charge < -0.3 is 9.47 Å².